The SMILES string of the molecule is O=C=NCCSCC1CSC(CSC(CN=C=O)SCN=C=O)CS1. The largest absolute Gasteiger partial charge is 0.235 e. The fraction of sp³-hybridized carbons (Fsp3) is 0.786. The summed E-state index contributed by atoms with van der Waals surface area (Å²) in [6.45, 7) is 0.939. The zero-order valence-electron chi connectivity index (χ0n) is 13.5. The first-order valence-corrected chi connectivity index (χ1v) is 12.8. The van der Waals surface area contributed by atoms with Crippen molar-refractivity contribution >= 4 is 77.0 Å². The number of carbonyl (C=O) groups excluding carboxylic acids is 3. The van der Waals surface area contributed by atoms with Gasteiger partial charge < -0.3 is 0 Å². The van der Waals surface area contributed by atoms with Gasteiger partial charge in [-0.15, -0.1) is 23.5 Å². The summed E-state index contributed by atoms with van der Waals surface area (Å²) >= 11 is 9.08. The molecule has 1 aliphatic rings. The molecule has 0 spiro atoms. The van der Waals surface area contributed by atoms with Gasteiger partial charge in [0.25, 0.3) is 0 Å². The van der Waals surface area contributed by atoms with Crippen LogP contribution in [0.1, 0.15) is 0 Å². The van der Waals surface area contributed by atoms with E-state index >= 15 is 0 Å². The molecule has 3 atom stereocenters. The van der Waals surface area contributed by atoms with E-state index in [0.717, 1.165) is 28.8 Å². The summed E-state index contributed by atoms with van der Waals surface area (Å²) in [4.78, 5) is 41.2. The molecule has 1 fully saturated rings. The summed E-state index contributed by atoms with van der Waals surface area (Å²) in [6, 6.07) is 0. The summed E-state index contributed by atoms with van der Waals surface area (Å²) in [6.07, 6.45) is 4.64. The van der Waals surface area contributed by atoms with Crippen LogP contribution >= 0.6 is 58.8 Å². The number of aliphatic imine (C=N–C) groups is 3. The Labute approximate surface area is 168 Å². The first-order chi connectivity index (χ1) is 12.3. The normalized spacial score (nSPS) is 20.6. The summed E-state index contributed by atoms with van der Waals surface area (Å²) in [5.41, 5.74) is 0. The number of hydrogen-bond donors (Lipinski definition) is 0. The molecule has 1 heterocycles. The van der Waals surface area contributed by atoms with Crippen molar-refractivity contribution in [1.29, 1.82) is 0 Å². The van der Waals surface area contributed by atoms with Crippen molar-refractivity contribution in [2.45, 2.75) is 15.1 Å². The zero-order chi connectivity index (χ0) is 18.2. The third-order valence-corrected chi connectivity index (χ3v) is 10.4. The Morgan fingerprint density at radius 1 is 0.920 bits per heavy atom. The molecule has 0 aromatic carbocycles. The monoisotopic (exact) mass is 437 g/mol. The molecule has 6 nitrogen and oxygen atoms in total. The van der Waals surface area contributed by atoms with Crippen LogP contribution in [0, 0.1) is 0 Å². The van der Waals surface area contributed by atoms with Crippen LogP contribution in [0.25, 0.3) is 0 Å². The third-order valence-electron chi connectivity index (χ3n) is 2.91. The van der Waals surface area contributed by atoms with E-state index in [1.165, 1.54) is 17.8 Å². The highest BCUT2D eigenvalue weighted by atomic mass is 32.2. The number of nitrogens with zero attached hydrogens (tertiary/aromatic N) is 3. The Bertz CT molecular complexity index is 512. The van der Waals surface area contributed by atoms with Crippen LogP contribution in [0.5, 0.6) is 0 Å². The quantitative estimate of drug-likeness (QED) is 0.188. The van der Waals surface area contributed by atoms with Crippen molar-refractivity contribution in [3.05, 3.63) is 0 Å². The molecule has 138 valence electrons. The maximum Gasteiger partial charge on any atom is 0.235 e. The molecule has 0 aromatic heterocycles. The van der Waals surface area contributed by atoms with Gasteiger partial charge in [0.05, 0.1) is 23.5 Å². The second-order valence-corrected chi connectivity index (χ2v) is 11.2. The van der Waals surface area contributed by atoms with Crippen molar-refractivity contribution in [1.82, 2.24) is 0 Å². The number of hydrogen-bond acceptors (Lipinski definition) is 11. The van der Waals surface area contributed by atoms with E-state index < -0.39 is 0 Å². The van der Waals surface area contributed by atoms with Gasteiger partial charge in [0.15, 0.2) is 0 Å². The lowest BCUT2D eigenvalue weighted by Crippen LogP contribution is -2.25. The second-order valence-electron chi connectivity index (χ2n) is 4.70. The minimum Gasteiger partial charge on any atom is -0.211 e. The van der Waals surface area contributed by atoms with E-state index in [1.807, 2.05) is 35.3 Å². The number of isocyanates is 3. The van der Waals surface area contributed by atoms with Crippen LogP contribution in [0.3, 0.4) is 0 Å². The van der Waals surface area contributed by atoms with E-state index in [-0.39, 0.29) is 4.58 Å². The van der Waals surface area contributed by atoms with Gasteiger partial charge in [-0.05, 0) is 0 Å². The number of thioether (sulfide) groups is 5. The highest BCUT2D eigenvalue weighted by Gasteiger charge is 2.23. The first kappa shape index (κ1) is 22.9. The Hall–Kier alpha value is -0.110. The molecular formula is C14H19N3O3S5. The molecule has 0 N–H and O–H groups in total. The fourth-order valence-electron chi connectivity index (χ4n) is 1.77. The summed E-state index contributed by atoms with van der Waals surface area (Å²) in [7, 11) is 0. The topological polar surface area (TPSA) is 88.3 Å². The maximum atomic E-state index is 10.3. The van der Waals surface area contributed by atoms with Gasteiger partial charge in [-0.3, -0.25) is 0 Å². The van der Waals surface area contributed by atoms with Crippen LogP contribution in [-0.4, -0.2) is 81.1 Å². The summed E-state index contributed by atoms with van der Waals surface area (Å²) < 4.78 is 0.107. The highest BCUT2D eigenvalue weighted by Crippen LogP contribution is 2.35. The van der Waals surface area contributed by atoms with Crippen LogP contribution in [0.15, 0.2) is 15.0 Å². The summed E-state index contributed by atoms with van der Waals surface area (Å²) in [5.74, 6) is 5.52. The van der Waals surface area contributed by atoms with Gasteiger partial charge in [-0.25, -0.2) is 24.4 Å². The average molecular weight is 438 g/mol. The molecule has 1 rings (SSSR count). The Morgan fingerprint density at radius 3 is 2.24 bits per heavy atom. The molecule has 3 unspecified atom stereocenters. The maximum absolute atomic E-state index is 10.3. The highest BCUT2D eigenvalue weighted by molar-refractivity contribution is 8.17. The van der Waals surface area contributed by atoms with E-state index in [2.05, 4.69) is 15.0 Å². The number of rotatable bonds is 13. The van der Waals surface area contributed by atoms with E-state index in [9.17, 15) is 14.4 Å². The molecule has 0 aromatic rings. The third kappa shape index (κ3) is 12.0. The van der Waals surface area contributed by atoms with E-state index in [1.54, 1.807) is 23.9 Å². The molecule has 0 aliphatic carbocycles. The van der Waals surface area contributed by atoms with Crippen LogP contribution < -0.4 is 0 Å². The van der Waals surface area contributed by atoms with Crippen molar-refractivity contribution in [2.24, 2.45) is 15.0 Å². The lowest BCUT2D eigenvalue weighted by molar-refractivity contribution is 0.562. The standard InChI is InChI=1S/C14H19N3O3S5/c18-8-15-1-2-21-4-12-5-23-13(6-22-12)7-24-14(3-16-9-19)25-11-17-10-20/h12-14H,1-7,11H2. The van der Waals surface area contributed by atoms with Gasteiger partial charge in [-0.2, -0.15) is 40.3 Å². The van der Waals surface area contributed by atoms with Gasteiger partial charge in [0.2, 0.25) is 18.2 Å². The van der Waals surface area contributed by atoms with Crippen LogP contribution in [0.4, 0.5) is 0 Å². The lowest BCUT2D eigenvalue weighted by atomic mass is 10.5. The first-order valence-electron chi connectivity index (χ1n) is 7.45. The Morgan fingerprint density at radius 2 is 1.60 bits per heavy atom. The Balaban J connectivity index is 2.21. The molecule has 11 heteroatoms. The molecule has 0 radical (unpaired) electrons. The van der Waals surface area contributed by atoms with Crippen LogP contribution in [0.2, 0.25) is 0 Å². The van der Waals surface area contributed by atoms with Gasteiger partial charge in [0.1, 0.15) is 0 Å². The van der Waals surface area contributed by atoms with Crippen molar-refractivity contribution in [3.63, 3.8) is 0 Å². The minimum atomic E-state index is 0.107. The molecular weight excluding hydrogens is 419 g/mol. The molecule has 0 saturated carbocycles. The molecule has 0 bridgehead atoms. The summed E-state index contributed by atoms with van der Waals surface area (Å²) in [5, 5.41) is 1.22. The molecule has 1 saturated heterocycles. The van der Waals surface area contributed by atoms with Crippen molar-refractivity contribution < 1.29 is 14.4 Å². The van der Waals surface area contributed by atoms with Crippen LogP contribution in [-0.2, 0) is 14.4 Å². The fourth-order valence-corrected chi connectivity index (χ4v) is 8.59. The average Bonchev–Trinajstić information content (AvgIpc) is 2.64. The molecule has 25 heavy (non-hydrogen) atoms. The molecule has 1 aliphatic heterocycles. The predicted molar refractivity (Wildman–Crippen MR) is 113 cm³/mol. The van der Waals surface area contributed by atoms with E-state index in [0.29, 0.717) is 29.5 Å². The van der Waals surface area contributed by atoms with E-state index in [4.69, 9.17) is 0 Å². The smallest absolute Gasteiger partial charge is 0.211 e. The zero-order valence-corrected chi connectivity index (χ0v) is 17.6. The second kappa shape index (κ2) is 16.1. The van der Waals surface area contributed by atoms with Gasteiger partial charge in [0, 0.05) is 39.3 Å². The van der Waals surface area contributed by atoms with Crippen molar-refractivity contribution in [2.75, 3.05) is 47.7 Å². The predicted octanol–water partition coefficient (Wildman–Crippen LogP) is 2.69. The minimum absolute atomic E-state index is 0.107. The van der Waals surface area contributed by atoms with Gasteiger partial charge >= 0.3 is 0 Å². The van der Waals surface area contributed by atoms with Gasteiger partial charge in [-0.1, -0.05) is 0 Å². The molecule has 0 amide bonds. The lowest BCUT2D eigenvalue weighted by Gasteiger charge is -2.28. The Kier molecular flexibility index (Phi) is 14.8. The van der Waals surface area contributed by atoms with Crippen molar-refractivity contribution in [3.8, 4) is 0 Å².